The van der Waals surface area contributed by atoms with Crippen molar-refractivity contribution < 1.29 is 17.9 Å². The van der Waals surface area contributed by atoms with Gasteiger partial charge in [-0.2, -0.15) is 13.2 Å². The van der Waals surface area contributed by atoms with Gasteiger partial charge in [-0.1, -0.05) is 42.1 Å². The van der Waals surface area contributed by atoms with Gasteiger partial charge in [0.1, 0.15) is 5.75 Å². The Morgan fingerprint density at radius 1 is 1.11 bits per heavy atom. The highest BCUT2D eigenvalue weighted by Gasteiger charge is 2.30. The molecule has 1 heterocycles. The number of halogens is 3. The third-order valence-corrected chi connectivity index (χ3v) is 4.70. The molecule has 142 valence electrons. The van der Waals surface area contributed by atoms with Crippen LogP contribution < -0.4 is 10.6 Å². The summed E-state index contributed by atoms with van der Waals surface area (Å²) in [5.41, 5.74) is 0.586. The van der Waals surface area contributed by atoms with Gasteiger partial charge in [0, 0.05) is 11.3 Å². The molecule has 0 spiro atoms. The van der Waals surface area contributed by atoms with Gasteiger partial charge in [-0.3, -0.25) is 0 Å². The maximum atomic E-state index is 12.8. The first-order valence-corrected chi connectivity index (χ1v) is 9.09. The average molecular weight is 394 g/mol. The second-order valence-corrected chi connectivity index (χ2v) is 6.57. The lowest BCUT2D eigenvalue weighted by atomic mass is 10.1. The van der Waals surface area contributed by atoms with E-state index < -0.39 is 11.7 Å². The fourth-order valence-corrected chi connectivity index (χ4v) is 3.25. The predicted molar refractivity (Wildman–Crippen MR) is 97.8 cm³/mol. The Balaban J connectivity index is 1.76. The number of alkyl halides is 3. The normalized spacial score (nSPS) is 11.6. The quantitative estimate of drug-likeness (QED) is 0.497. The Labute approximate surface area is 158 Å². The molecule has 0 aliphatic rings. The Bertz CT molecular complexity index is 927. The number of rotatable bonds is 6. The topological polar surface area (TPSA) is 66.0 Å². The van der Waals surface area contributed by atoms with E-state index in [1.54, 1.807) is 12.1 Å². The number of aromatic nitrogens is 3. The Morgan fingerprint density at radius 3 is 2.63 bits per heavy atom. The monoisotopic (exact) mass is 394 g/mol. The Hall–Kier alpha value is -2.68. The molecule has 0 saturated carbocycles. The molecule has 0 atom stereocenters. The minimum atomic E-state index is -4.37. The molecular weight excluding hydrogens is 377 g/mol. The van der Waals surface area contributed by atoms with Gasteiger partial charge < -0.3 is 10.6 Å². The van der Waals surface area contributed by atoms with Crippen molar-refractivity contribution in [2.24, 2.45) is 0 Å². The second kappa shape index (κ2) is 7.91. The van der Waals surface area contributed by atoms with E-state index in [0.717, 1.165) is 17.7 Å². The third-order valence-electron chi connectivity index (χ3n) is 3.69. The van der Waals surface area contributed by atoms with Crippen molar-refractivity contribution in [3.8, 4) is 17.1 Å². The van der Waals surface area contributed by atoms with Crippen molar-refractivity contribution in [1.82, 2.24) is 14.9 Å². The van der Waals surface area contributed by atoms with E-state index in [9.17, 15) is 13.2 Å². The van der Waals surface area contributed by atoms with Crippen LogP contribution in [0.15, 0.2) is 53.7 Å². The summed E-state index contributed by atoms with van der Waals surface area (Å²) in [6, 6.07) is 12.5. The fraction of sp³-hybridized carbons (Fsp3) is 0.222. The molecule has 3 rings (SSSR count). The number of benzene rings is 2. The lowest BCUT2D eigenvalue weighted by molar-refractivity contribution is -0.137. The summed E-state index contributed by atoms with van der Waals surface area (Å²) in [6.07, 6.45) is -4.37. The van der Waals surface area contributed by atoms with E-state index in [1.807, 2.05) is 25.1 Å². The molecule has 0 radical (unpaired) electrons. The smallest absolute Gasteiger partial charge is 0.416 e. The van der Waals surface area contributed by atoms with Crippen LogP contribution in [-0.4, -0.2) is 21.5 Å². The molecule has 27 heavy (non-hydrogen) atoms. The fourth-order valence-electron chi connectivity index (χ4n) is 2.45. The van der Waals surface area contributed by atoms with E-state index in [1.165, 1.54) is 22.5 Å². The van der Waals surface area contributed by atoms with Crippen LogP contribution in [0.5, 0.6) is 5.75 Å². The summed E-state index contributed by atoms with van der Waals surface area (Å²) in [7, 11) is 0. The molecule has 2 N–H and O–H groups in total. The maximum absolute atomic E-state index is 12.8. The highest BCUT2D eigenvalue weighted by molar-refractivity contribution is 7.98. The number of ether oxygens (including phenoxy) is 1. The number of thioether (sulfide) groups is 1. The van der Waals surface area contributed by atoms with Crippen molar-refractivity contribution in [2.45, 2.75) is 24.0 Å². The second-order valence-electron chi connectivity index (χ2n) is 5.62. The maximum Gasteiger partial charge on any atom is 0.416 e. The summed E-state index contributed by atoms with van der Waals surface area (Å²) in [4.78, 5) is 0. The lowest BCUT2D eigenvalue weighted by Crippen LogP contribution is -2.11. The van der Waals surface area contributed by atoms with E-state index in [0.29, 0.717) is 28.9 Å². The van der Waals surface area contributed by atoms with E-state index in [2.05, 4.69) is 10.2 Å². The van der Waals surface area contributed by atoms with Crippen LogP contribution >= 0.6 is 11.8 Å². The summed E-state index contributed by atoms with van der Waals surface area (Å²) in [5.74, 6) is 7.50. The van der Waals surface area contributed by atoms with Gasteiger partial charge in [0.15, 0.2) is 5.82 Å². The zero-order valence-electron chi connectivity index (χ0n) is 14.4. The minimum absolute atomic E-state index is 0.290. The Kier molecular flexibility index (Phi) is 5.59. The van der Waals surface area contributed by atoms with Crippen molar-refractivity contribution in [3.63, 3.8) is 0 Å². The zero-order chi connectivity index (χ0) is 19.4. The first-order chi connectivity index (χ1) is 12.9. The SMILES string of the molecule is CCOc1cccc(-c2nnc(SCc3cccc(C(F)(F)F)c3)n2N)c1. The van der Waals surface area contributed by atoms with Crippen LogP contribution in [0.1, 0.15) is 18.1 Å². The average Bonchev–Trinajstić information content (AvgIpc) is 3.01. The molecule has 0 saturated heterocycles. The standard InChI is InChI=1S/C18H17F3N4OS/c1-2-26-15-8-4-6-13(10-15)16-23-24-17(25(16)22)27-11-12-5-3-7-14(9-12)18(19,20)21/h3-10H,2,11,22H2,1H3. The van der Waals surface area contributed by atoms with Crippen molar-refractivity contribution in [2.75, 3.05) is 12.4 Å². The minimum Gasteiger partial charge on any atom is -0.494 e. The molecule has 0 aliphatic carbocycles. The van der Waals surface area contributed by atoms with Crippen molar-refractivity contribution in [1.29, 1.82) is 0 Å². The van der Waals surface area contributed by atoms with Crippen LogP contribution in [-0.2, 0) is 11.9 Å². The Morgan fingerprint density at radius 2 is 1.89 bits per heavy atom. The molecule has 0 unspecified atom stereocenters. The van der Waals surface area contributed by atoms with Gasteiger partial charge in [0.2, 0.25) is 5.16 Å². The van der Waals surface area contributed by atoms with Gasteiger partial charge in [-0.15, -0.1) is 10.2 Å². The molecule has 1 aromatic heterocycles. The first-order valence-electron chi connectivity index (χ1n) is 8.11. The number of hydrogen-bond donors (Lipinski definition) is 1. The van der Waals surface area contributed by atoms with Crippen molar-refractivity contribution >= 4 is 11.8 Å². The molecule has 2 aromatic carbocycles. The van der Waals surface area contributed by atoms with E-state index in [-0.39, 0.29) is 5.75 Å². The number of nitrogens with two attached hydrogens (primary N) is 1. The summed E-state index contributed by atoms with van der Waals surface area (Å²) in [5, 5.41) is 8.54. The van der Waals surface area contributed by atoms with Crippen LogP contribution in [0.4, 0.5) is 13.2 Å². The number of hydrogen-bond acceptors (Lipinski definition) is 5. The first kappa shape index (κ1) is 19.1. The lowest BCUT2D eigenvalue weighted by Gasteiger charge is -2.09. The van der Waals surface area contributed by atoms with Gasteiger partial charge in [0.25, 0.3) is 0 Å². The van der Waals surface area contributed by atoms with Crippen LogP contribution in [0.25, 0.3) is 11.4 Å². The highest BCUT2D eigenvalue weighted by atomic mass is 32.2. The van der Waals surface area contributed by atoms with Gasteiger partial charge in [0.05, 0.1) is 12.2 Å². The van der Waals surface area contributed by atoms with Crippen LogP contribution in [0.3, 0.4) is 0 Å². The largest absolute Gasteiger partial charge is 0.494 e. The summed E-state index contributed by atoms with van der Waals surface area (Å²) >= 11 is 1.22. The van der Waals surface area contributed by atoms with Crippen molar-refractivity contribution in [3.05, 3.63) is 59.7 Å². The van der Waals surface area contributed by atoms with Crippen LogP contribution in [0, 0.1) is 0 Å². The van der Waals surface area contributed by atoms with Crippen LogP contribution in [0.2, 0.25) is 0 Å². The molecule has 3 aromatic rings. The zero-order valence-corrected chi connectivity index (χ0v) is 15.2. The van der Waals surface area contributed by atoms with E-state index >= 15 is 0 Å². The van der Waals surface area contributed by atoms with Gasteiger partial charge in [-0.25, -0.2) is 4.68 Å². The molecular formula is C18H17F3N4OS. The summed E-state index contributed by atoms with van der Waals surface area (Å²) in [6.45, 7) is 2.43. The number of nitrogens with zero attached hydrogens (tertiary/aromatic N) is 3. The molecule has 0 fully saturated rings. The molecule has 0 bridgehead atoms. The molecule has 5 nitrogen and oxygen atoms in total. The third kappa shape index (κ3) is 4.54. The summed E-state index contributed by atoms with van der Waals surface area (Å²) < 4.78 is 45.2. The highest BCUT2D eigenvalue weighted by Crippen LogP contribution is 2.31. The molecule has 0 amide bonds. The van der Waals surface area contributed by atoms with Gasteiger partial charge in [-0.05, 0) is 30.7 Å². The number of nitrogen functional groups attached to an aromatic ring is 1. The van der Waals surface area contributed by atoms with E-state index in [4.69, 9.17) is 10.6 Å². The molecule has 0 aliphatic heterocycles. The predicted octanol–water partition coefficient (Wildman–Crippen LogP) is 4.37. The molecule has 9 heteroatoms. The van der Waals surface area contributed by atoms with Gasteiger partial charge >= 0.3 is 6.18 Å².